The average Bonchev–Trinajstić information content (AvgIpc) is 3.49. The SMILES string of the molecule is CC(C)(C)C1=NCC=C1.CC(C)(C)c1cc(F)cc(C#N)c1.CC(C)(C)c1ccc(C#N)nc1.CC(C)(C)c1cncc(F)c1. The van der Waals surface area contributed by atoms with Gasteiger partial charge in [0.2, 0.25) is 0 Å². The predicted octanol–water partition coefficient (Wildman–Crippen LogP) is 9.81. The summed E-state index contributed by atoms with van der Waals surface area (Å²) in [7, 11) is 0. The van der Waals surface area contributed by atoms with Crippen molar-refractivity contribution in [3.63, 3.8) is 0 Å². The van der Waals surface area contributed by atoms with Crippen LogP contribution in [0, 0.1) is 39.7 Å². The average molecular weight is 614 g/mol. The standard InChI is InChI=1S/C11H12FN.C10H12N2.C9H12FN.C8H13N/c1-11(2,3)9-4-8(7-13)5-10(12)6-9;1-10(2,3)8-4-5-9(6-11)12-7-8;1-9(2,3)7-4-8(10)6-11-5-7;1-8(2,3)7-5-4-6-9-7/h4-6H,1-3H3;4-5,7H,1-3H3;4-6H,1-3H3;4-5H,6H2,1-3H3. The van der Waals surface area contributed by atoms with Crippen molar-refractivity contribution in [3.05, 3.63) is 107 Å². The number of halogens is 2. The summed E-state index contributed by atoms with van der Waals surface area (Å²) in [6, 6.07) is 13.6. The Balaban J connectivity index is 0.000000302. The number of rotatable bonds is 0. The molecule has 240 valence electrons. The monoisotopic (exact) mass is 613 g/mol. The van der Waals surface area contributed by atoms with Crippen LogP contribution in [-0.4, -0.2) is 22.2 Å². The van der Waals surface area contributed by atoms with Gasteiger partial charge in [-0.25, -0.2) is 13.8 Å². The van der Waals surface area contributed by atoms with Crippen molar-refractivity contribution < 1.29 is 8.78 Å². The molecule has 0 fully saturated rings. The van der Waals surface area contributed by atoms with E-state index in [0.717, 1.165) is 23.2 Å². The Labute approximate surface area is 269 Å². The number of aliphatic imine (C=N–C) groups is 1. The summed E-state index contributed by atoms with van der Waals surface area (Å²) in [6.45, 7) is 25.9. The molecule has 0 N–H and O–H groups in total. The topological polar surface area (TPSA) is 85.7 Å². The number of nitriles is 2. The van der Waals surface area contributed by atoms with Gasteiger partial charge < -0.3 is 0 Å². The van der Waals surface area contributed by atoms with Crippen molar-refractivity contribution >= 4 is 5.71 Å². The van der Waals surface area contributed by atoms with Gasteiger partial charge in [0, 0.05) is 23.5 Å². The smallest absolute Gasteiger partial charge is 0.141 e. The number of nitrogens with zero attached hydrogens (tertiary/aromatic N) is 5. The second-order valence-corrected chi connectivity index (χ2v) is 14.9. The van der Waals surface area contributed by atoms with E-state index in [-0.39, 0.29) is 33.3 Å². The van der Waals surface area contributed by atoms with E-state index < -0.39 is 0 Å². The van der Waals surface area contributed by atoms with Gasteiger partial charge in [0.1, 0.15) is 23.4 Å². The summed E-state index contributed by atoms with van der Waals surface area (Å²) in [5.74, 6) is -0.610. The van der Waals surface area contributed by atoms with Crippen molar-refractivity contribution in [2.24, 2.45) is 10.4 Å². The third kappa shape index (κ3) is 14.4. The molecule has 0 atom stereocenters. The lowest BCUT2D eigenvalue weighted by atomic mass is 9.86. The second kappa shape index (κ2) is 16.2. The summed E-state index contributed by atoms with van der Waals surface area (Å²) in [5.41, 5.74) is 5.23. The predicted molar refractivity (Wildman–Crippen MR) is 181 cm³/mol. The van der Waals surface area contributed by atoms with Crippen LogP contribution in [0.2, 0.25) is 0 Å². The van der Waals surface area contributed by atoms with Crippen LogP contribution >= 0.6 is 0 Å². The van der Waals surface area contributed by atoms with Crippen LogP contribution < -0.4 is 0 Å². The maximum Gasteiger partial charge on any atom is 0.141 e. The molecular weight excluding hydrogens is 564 g/mol. The van der Waals surface area contributed by atoms with E-state index >= 15 is 0 Å². The van der Waals surface area contributed by atoms with Gasteiger partial charge in [-0.05, 0) is 69.3 Å². The quantitative estimate of drug-likeness (QED) is 0.253. The number of hydrogen-bond acceptors (Lipinski definition) is 5. The van der Waals surface area contributed by atoms with E-state index in [9.17, 15) is 8.78 Å². The Bertz CT molecular complexity index is 1530. The maximum atomic E-state index is 13.0. The number of benzene rings is 1. The summed E-state index contributed by atoms with van der Waals surface area (Å²) in [5, 5.41) is 17.2. The fraction of sp³-hybridized carbons (Fsp3) is 0.447. The first kappa shape index (κ1) is 38.8. The Morgan fingerprint density at radius 1 is 0.622 bits per heavy atom. The molecule has 0 radical (unpaired) electrons. The Morgan fingerprint density at radius 3 is 1.56 bits per heavy atom. The van der Waals surface area contributed by atoms with Gasteiger partial charge in [0.15, 0.2) is 0 Å². The zero-order chi connectivity index (χ0) is 34.6. The first-order valence-electron chi connectivity index (χ1n) is 15.0. The first-order valence-corrected chi connectivity index (χ1v) is 15.0. The van der Waals surface area contributed by atoms with E-state index in [2.05, 4.69) is 68.7 Å². The number of allylic oxidation sites excluding steroid dienone is 1. The van der Waals surface area contributed by atoms with Crippen molar-refractivity contribution in [2.75, 3.05) is 6.54 Å². The highest BCUT2D eigenvalue weighted by atomic mass is 19.1. The number of hydrogen-bond donors (Lipinski definition) is 0. The molecule has 1 aliphatic rings. The molecule has 0 aliphatic carbocycles. The summed E-state index contributed by atoms with van der Waals surface area (Å²) in [6.07, 6.45) is 8.89. The molecule has 45 heavy (non-hydrogen) atoms. The van der Waals surface area contributed by atoms with Gasteiger partial charge in [-0.1, -0.05) is 95.2 Å². The lowest BCUT2D eigenvalue weighted by Gasteiger charge is -2.18. The first-order chi connectivity index (χ1) is 20.6. The molecule has 2 aromatic heterocycles. The molecule has 3 heterocycles. The van der Waals surface area contributed by atoms with Crippen LogP contribution in [-0.2, 0) is 16.2 Å². The molecule has 5 nitrogen and oxygen atoms in total. The minimum atomic E-state index is -0.344. The van der Waals surface area contributed by atoms with Gasteiger partial charge >= 0.3 is 0 Å². The molecule has 0 saturated carbocycles. The summed E-state index contributed by atoms with van der Waals surface area (Å²) < 4.78 is 25.6. The van der Waals surface area contributed by atoms with E-state index in [4.69, 9.17) is 10.5 Å². The second-order valence-electron chi connectivity index (χ2n) is 14.9. The van der Waals surface area contributed by atoms with Crippen LogP contribution in [0.3, 0.4) is 0 Å². The van der Waals surface area contributed by atoms with Crippen molar-refractivity contribution in [1.82, 2.24) is 9.97 Å². The fourth-order valence-electron chi connectivity index (χ4n) is 3.67. The van der Waals surface area contributed by atoms with Crippen molar-refractivity contribution in [1.29, 1.82) is 10.5 Å². The lowest BCUT2D eigenvalue weighted by molar-refractivity contribution is 0.566. The molecule has 0 saturated heterocycles. The lowest BCUT2D eigenvalue weighted by Crippen LogP contribution is -2.16. The highest BCUT2D eigenvalue weighted by Gasteiger charge is 2.18. The Kier molecular flexibility index (Phi) is 14.0. The van der Waals surface area contributed by atoms with Gasteiger partial charge in [-0.2, -0.15) is 10.5 Å². The zero-order valence-corrected chi connectivity index (χ0v) is 29.0. The van der Waals surface area contributed by atoms with Crippen molar-refractivity contribution in [2.45, 2.75) is 99.3 Å². The molecule has 0 bridgehead atoms. The molecule has 3 aromatic rings. The van der Waals surface area contributed by atoms with Crippen molar-refractivity contribution in [3.8, 4) is 12.1 Å². The normalized spacial score (nSPS) is 12.6. The summed E-state index contributed by atoms with van der Waals surface area (Å²) >= 11 is 0. The fourth-order valence-corrected chi connectivity index (χ4v) is 3.67. The number of pyridine rings is 2. The van der Waals surface area contributed by atoms with E-state index in [1.54, 1.807) is 24.5 Å². The largest absolute Gasteiger partial charge is 0.285 e. The maximum absolute atomic E-state index is 13.0. The van der Waals surface area contributed by atoms with Crippen LogP contribution in [0.25, 0.3) is 0 Å². The molecule has 0 spiro atoms. The van der Waals surface area contributed by atoms with Crippen LogP contribution in [0.5, 0.6) is 0 Å². The Morgan fingerprint density at radius 2 is 1.20 bits per heavy atom. The molecule has 1 aromatic carbocycles. The minimum absolute atomic E-state index is 0.0188. The van der Waals surface area contributed by atoms with Gasteiger partial charge in [0.25, 0.3) is 0 Å². The molecule has 7 heteroatoms. The summed E-state index contributed by atoms with van der Waals surface area (Å²) in [4.78, 5) is 12.1. The van der Waals surface area contributed by atoms with Gasteiger partial charge in [-0.15, -0.1) is 0 Å². The van der Waals surface area contributed by atoms with E-state index in [1.165, 1.54) is 30.1 Å². The highest BCUT2D eigenvalue weighted by Crippen LogP contribution is 2.24. The molecule has 0 unspecified atom stereocenters. The third-order valence-corrected chi connectivity index (χ3v) is 6.62. The zero-order valence-electron chi connectivity index (χ0n) is 29.0. The Hall–Kier alpha value is -4.23. The van der Waals surface area contributed by atoms with Crippen LogP contribution in [0.4, 0.5) is 8.78 Å². The highest BCUT2D eigenvalue weighted by molar-refractivity contribution is 6.00. The third-order valence-electron chi connectivity index (χ3n) is 6.62. The number of aromatic nitrogens is 2. The molecule has 4 rings (SSSR count). The van der Waals surface area contributed by atoms with E-state index in [0.29, 0.717) is 11.3 Å². The molecular formula is C38H49F2N5. The minimum Gasteiger partial charge on any atom is -0.285 e. The van der Waals surface area contributed by atoms with Crippen LogP contribution in [0.15, 0.2) is 72.1 Å². The molecule has 0 amide bonds. The van der Waals surface area contributed by atoms with Gasteiger partial charge in [0.05, 0.1) is 24.4 Å². The molecule has 1 aliphatic heterocycles. The van der Waals surface area contributed by atoms with Gasteiger partial charge in [-0.3, -0.25) is 9.98 Å². The van der Waals surface area contributed by atoms with E-state index in [1.807, 2.05) is 59.7 Å². The van der Waals surface area contributed by atoms with Crippen LogP contribution in [0.1, 0.15) is 111 Å².